The molecule has 6 heteroatoms. The number of aromatic nitrogens is 3. The Hall–Kier alpha value is -2.24. The fourth-order valence-corrected chi connectivity index (χ4v) is 1.24. The van der Waals surface area contributed by atoms with Crippen LogP contribution in [0, 0.1) is 17.0 Å². The first kappa shape index (κ1) is 9.32. The van der Waals surface area contributed by atoms with Crippen molar-refractivity contribution in [2.24, 2.45) is 0 Å². The molecule has 0 saturated heterocycles. The van der Waals surface area contributed by atoms with Gasteiger partial charge in [0.1, 0.15) is 11.9 Å². The molecule has 2 heterocycles. The minimum absolute atomic E-state index is 0.000605. The molecule has 0 bridgehead atoms. The molecule has 2 rings (SSSR count). The Morgan fingerprint density at radius 1 is 1.47 bits per heavy atom. The summed E-state index contributed by atoms with van der Waals surface area (Å²) < 4.78 is 1.40. The predicted octanol–water partition coefficient (Wildman–Crippen LogP) is 1.48. The first-order valence-corrected chi connectivity index (χ1v) is 4.30. The fourth-order valence-electron chi connectivity index (χ4n) is 1.24. The third kappa shape index (κ3) is 1.69. The van der Waals surface area contributed by atoms with Gasteiger partial charge in [0, 0.05) is 6.20 Å². The molecule has 0 amide bonds. The van der Waals surface area contributed by atoms with Crippen LogP contribution in [0.15, 0.2) is 30.6 Å². The molecule has 76 valence electrons. The van der Waals surface area contributed by atoms with Crippen LogP contribution in [0.4, 0.5) is 5.69 Å². The molecule has 0 aliphatic heterocycles. The van der Waals surface area contributed by atoms with Crippen LogP contribution in [0.5, 0.6) is 0 Å². The van der Waals surface area contributed by atoms with Gasteiger partial charge >= 0.3 is 5.69 Å². The van der Waals surface area contributed by atoms with Crippen molar-refractivity contribution in [3.63, 3.8) is 0 Å². The Bertz CT molecular complexity index is 492. The third-order valence-electron chi connectivity index (χ3n) is 1.95. The van der Waals surface area contributed by atoms with Gasteiger partial charge in [0.05, 0.1) is 4.92 Å². The SMILES string of the molecule is Cc1nn(-c2ccccn2)cc1[N+](=O)[O-]. The maximum atomic E-state index is 10.6. The average Bonchev–Trinajstić information content (AvgIpc) is 2.62. The molecular formula is C9H8N4O2. The molecule has 0 aliphatic rings. The summed E-state index contributed by atoms with van der Waals surface area (Å²) in [7, 11) is 0. The van der Waals surface area contributed by atoms with Gasteiger partial charge in [-0.3, -0.25) is 10.1 Å². The van der Waals surface area contributed by atoms with Crippen LogP contribution in [-0.4, -0.2) is 19.7 Å². The topological polar surface area (TPSA) is 73.8 Å². The maximum absolute atomic E-state index is 10.6. The van der Waals surface area contributed by atoms with E-state index in [0.29, 0.717) is 11.5 Å². The van der Waals surface area contributed by atoms with Gasteiger partial charge in [0.2, 0.25) is 0 Å². The van der Waals surface area contributed by atoms with E-state index in [0.717, 1.165) is 0 Å². The van der Waals surface area contributed by atoms with E-state index < -0.39 is 4.92 Å². The second-order valence-electron chi connectivity index (χ2n) is 2.99. The number of pyridine rings is 1. The van der Waals surface area contributed by atoms with Crippen LogP contribution in [0.1, 0.15) is 5.69 Å². The molecule has 2 aromatic rings. The van der Waals surface area contributed by atoms with Gasteiger partial charge in [0.25, 0.3) is 0 Å². The van der Waals surface area contributed by atoms with Crippen molar-refractivity contribution >= 4 is 5.69 Å². The van der Waals surface area contributed by atoms with Crippen molar-refractivity contribution in [2.75, 3.05) is 0 Å². The summed E-state index contributed by atoms with van der Waals surface area (Å²) in [6, 6.07) is 5.30. The number of aryl methyl sites for hydroxylation is 1. The number of nitrogens with zero attached hydrogens (tertiary/aromatic N) is 4. The van der Waals surface area contributed by atoms with Crippen molar-refractivity contribution in [1.29, 1.82) is 0 Å². The highest BCUT2D eigenvalue weighted by Crippen LogP contribution is 2.17. The highest BCUT2D eigenvalue weighted by Gasteiger charge is 2.16. The quantitative estimate of drug-likeness (QED) is 0.548. The fraction of sp³-hybridized carbons (Fsp3) is 0.111. The van der Waals surface area contributed by atoms with Gasteiger partial charge in [0.15, 0.2) is 5.82 Å². The Kier molecular flexibility index (Phi) is 2.17. The van der Waals surface area contributed by atoms with E-state index in [1.54, 1.807) is 31.3 Å². The molecule has 6 nitrogen and oxygen atoms in total. The smallest absolute Gasteiger partial charge is 0.258 e. The molecule has 0 aliphatic carbocycles. The zero-order valence-electron chi connectivity index (χ0n) is 7.99. The zero-order chi connectivity index (χ0) is 10.8. The van der Waals surface area contributed by atoms with Gasteiger partial charge in [-0.1, -0.05) is 6.07 Å². The lowest BCUT2D eigenvalue weighted by Gasteiger charge is -1.96. The minimum Gasteiger partial charge on any atom is -0.258 e. The van der Waals surface area contributed by atoms with Crippen molar-refractivity contribution in [3.05, 3.63) is 46.4 Å². The minimum atomic E-state index is -0.457. The summed E-state index contributed by atoms with van der Waals surface area (Å²) in [6.45, 7) is 1.59. The van der Waals surface area contributed by atoms with Crippen LogP contribution >= 0.6 is 0 Å². The molecule has 0 spiro atoms. The molecule has 0 fully saturated rings. The van der Waals surface area contributed by atoms with Crippen molar-refractivity contribution in [1.82, 2.24) is 14.8 Å². The molecule has 0 saturated carbocycles. The van der Waals surface area contributed by atoms with Gasteiger partial charge < -0.3 is 0 Å². The number of nitro groups is 1. The maximum Gasteiger partial charge on any atom is 0.310 e. The number of hydrogen-bond donors (Lipinski definition) is 0. The Morgan fingerprint density at radius 2 is 2.27 bits per heavy atom. The van der Waals surface area contributed by atoms with Gasteiger partial charge in [-0.05, 0) is 19.1 Å². The van der Waals surface area contributed by atoms with Crippen molar-refractivity contribution in [3.8, 4) is 5.82 Å². The second-order valence-corrected chi connectivity index (χ2v) is 2.99. The largest absolute Gasteiger partial charge is 0.310 e. The predicted molar refractivity (Wildman–Crippen MR) is 52.8 cm³/mol. The van der Waals surface area contributed by atoms with Gasteiger partial charge in [-0.15, -0.1) is 0 Å². The second kappa shape index (κ2) is 3.49. The Labute approximate surface area is 85.3 Å². The number of hydrogen-bond acceptors (Lipinski definition) is 4. The molecular weight excluding hydrogens is 196 g/mol. The summed E-state index contributed by atoms with van der Waals surface area (Å²) in [4.78, 5) is 14.2. The van der Waals surface area contributed by atoms with E-state index in [1.807, 2.05) is 0 Å². The van der Waals surface area contributed by atoms with Crippen LogP contribution in [-0.2, 0) is 0 Å². The standard InChI is InChI=1S/C9H8N4O2/c1-7-8(13(14)15)6-12(11-7)9-4-2-3-5-10-9/h2-6H,1H3. The van der Waals surface area contributed by atoms with E-state index in [2.05, 4.69) is 10.1 Å². The first-order valence-electron chi connectivity index (χ1n) is 4.30. The number of rotatable bonds is 2. The summed E-state index contributed by atoms with van der Waals surface area (Å²) >= 11 is 0. The lowest BCUT2D eigenvalue weighted by molar-refractivity contribution is -0.385. The van der Waals surface area contributed by atoms with Crippen LogP contribution in [0.25, 0.3) is 5.82 Å². The van der Waals surface area contributed by atoms with E-state index in [4.69, 9.17) is 0 Å². The summed E-state index contributed by atoms with van der Waals surface area (Å²) in [6.07, 6.45) is 2.97. The third-order valence-corrected chi connectivity index (χ3v) is 1.95. The highest BCUT2D eigenvalue weighted by molar-refractivity contribution is 5.35. The van der Waals surface area contributed by atoms with Crippen LogP contribution < -0.4 is 0 Å². The van der Waals surface area contributed by atoms with Crippen LogP contribution in [0.3, 0.4) is 0 Å². The normalized spacial score (nSPS) is 10.2. The lowest BCUT2D eigenvalue weighted by atomic mass is 10.4. The monoisotopic (exact) mass is 204 g/mol. The molecule has 0 radical (unpaired) electrons. The molecule has 0 aromatic carbocycles. The van der Waals surface area contributed by atoms with Gasteiger partial charge in [-0.25, -0.2) is 9.67 Å². The van der Waals surface area contributed by atoms with E-state index in [9.17, 15) is 10.1 Å². The lowest BCUT2D eigenvalue weighted by Crippen LogP contribution is -1.96. The van der Waals surface area contributed by atoms with Crippen molar-refractivity contribution < 1.29 is 4.92 Å². The Morgan fingerprint density at radius 3 is 2.80 bits per heavy atom. The average molecular weight is 204 g/mol. The van der Waals surface area contributed by atoms with E-state index in [1.165, 1.54) is 10.9 Å². The summed E-state index contributed by atoms with van der Waals surface area (Å²) in [5.74, 6) is 0.564. The first-order chi connectivity index (χ1) is 7.18. The highest BCUT2D eigenvalue weighted by atomic mass is 16.6. The zero-order valence-corrected chi connectivity index (χ0v) is 7.99. The molecule has 0 unspecified atom stereocenters. The molecule has 15 heavy (non-hydrogen) atoms. The van der Waals surface area contributed by atoms with Crippen molar-refractivity contribution in [2.45, 2.75) is 6.92 Å². The van der Waals surface area contributed by atoms with E-state index in [-0.39, 0.29) is 5.69 Å². The molecule has 0 atom stereocenters. The van der Waals surface area contributed by atoms with E-state index >= 15 is 0 Å². The summed E-state index contributed by atoms with van der Waals surface area (Å²) in [5, 5.41) is 14.6. The van der Waals surface area contributed by atoms with Crippen LogP contribution in [0.2, 0.25) is 0 Å². The molecule has 2 aromatic heterocycles. The summed E-state index contributed by atoms with van der Waals surface area (Å²) in [5.41, 5.74) is 0.381. The molecule has 0 N–H and O–H groups in total. The Balaban J connectivity index is 2.48. The van der Waals surface area contributed by atoms with Gasteiger partial charge in [-0.2, -0.15) is 5.10 Å².